The average molecular weight is 544 g/mol. The van der Waals surface area contributed by atoms with Gasteiger partial charge in [-0.05, 0) is 89.3 Å². The average Bonchev–Trinajstić information content (AvgIpc) is 3.19. The normalized spacial score (nSPS) is 12.6. The van der Waals surface area contributed by atoms with Gasteiger partial charge in [0.15, 0.2) is 0 Å². The van der Waals surface area contributed by atoms with Crippen molar-refractivity contribution in [1.82, 2.24) is 0 Å². The minimum absolute atomic E-state index is 0.0660. The third-order valence-corrected chi connectivity index (χ3v) is 8.77. The van der Waals surface area contributed by atoms with Crippen molar-refractivity contribution in [3.63, 3.8) is 0 Å². The van der Waals surface area contributed by atoms with Crippen LogP contribution in [0.25, 0.3) is 15.8 Å². The molecule has 0 saturated heterocycles. The Labute approximate surface area is 213 Å². The van der Waals surface area contributed by atoms with E-state index >= 15 is 0 Å². The van der Waals surface area contributed by atoms with Gasteiger partial charge in [0, 0.05) is 15.7 Å². The van der Waals surface area contributed by atoms with Gasteiger partial charge in [-0.1, -0.05) is 47.5 Å². The second-order valence-corrected chi connectivity index (χ2v) is 12.1. The highest BCUT2D eigenvalue weighted by atomic mass is 35.5. The molecule has 0 fully saturated rings. The van der Waals surface area contributed by atoms with Crippen LogP contribution in [0.3, 0.4) is 0 Å². The predicted octanol–water partition coefficient (Wildman–Crippen LogP) is 6.76. The van der Waals surface area contributed by atoms with Crippen LogP contribution in [0.15, 0.2) is 94.7 Å². The van der Waals surface area contributed by atoms with Crippen molar-refractivity contribution in [2.24, 2.45) is 0 Å². The van der Waals surface area contributed by atoms with Gasteiger partial charge in [0.05, 0.1) is 9.79 Å². The molecule has 0 aliphatic heterocycles. The van der Waals surface area contributed by atoms with E-state index in [4.69, 9.17) is 23.2 Å². The quantitative estimate of drug-likeness (QED) is 0.256. The van der Waals surface area contributed by atoms with Gasteiger partial charge < -0.3 is 4.72 Å². The third-order valence-electron chi connectivity index (χ3n) is 5.58. The van der Waals surface area contributed by atoms with Crippen LogP contribution >= 0.6 is 23.2 Å². The van der Waals surface area contributed by atoms with Gasteiger partial charge in [0.2, 0.25) is 0 Å². The molecule has 0 radical (unpaired) electrons. The van der Waals surface area contributed by atoms with Crippen molar-refractivity contribution in [2.45, 2.75) is 16.2 Å². The van der Waals surface area contributed by atoms with Gasteiger partial charge in [-0.25, -0.2) is 16.8 Å². The molecule has 0 saturated carbocycles. The molecule has 0 heterocycles. The van der Waals surface area contributed by atoms with E-state index in [2.05, 4.69) is 9.44 Å². The number of sulfonamides is 2. The molecule has 4 aromatic carbocycles. The Morgan fingerprint density at radius 2 is 1.17 bits per heavy atom. The fourth-order valence-corrected chi connectivity index (χ4v) is 6.31. The largest absolute Gasteiger partial charge is 0.573 e. The predicted molar refractivity (Wildman–Crippen MR) is 139 cm³/mol. The molecule has 4 aromatic rings. The van der Waals surface area contributed by atoms with Crippen molar-refractivity contribution in [1.29, 1.82) is 0 Å². The fraction of sp³-hybridized carbons (Fsp3) is 0.0400. The first-order chi connectivity index (χ1) is 16.6. The highest BCUT2D eigenvalue weighted by Crippen LogP contribution is 2.40. The number of hydrogen-bond donors (Lipinski definition) is 1. The maximum absolute atomic E-state index is 12.9. The van der Waals surface area contributed by atoms with E-state index in [0.29, 0.717) is 22.2 Å². The van der Waals surface area contributed by atoms with E-state index in [1.807, 2.05) is 0 Å². The monoisotopic (exact) mass is 543 g/mol. The lowest BCUT2D eigenvalue weighted by Crippen LogP contribution is -2.13. The molecule has 0 atom stereocenters. The summed E-state index contributed by atoms with van der Waals surface area (Å²) in [6.07, 6.45) is 0.402. The highest BCUT2D eigenvalue weighted by Gasteiger charge is 2.23. The number of rotatable bonds is 6. The molecule has 6 nitrogen and oxygen atoms in total. The number of nitrogens with zero attached hydrogens (tertiary/aromatic N) is 1. The molecule has 35 heavy (non-hydrogen) atoms. The summed E-state index contributed by atoms with van der Waals surface area (Å²) in [7, 11) is -7.76. The maximum Gasteiger partial charge on any atom is 0.261 e. The van der Waals surface area contributed by atoms with E-state index in [1.165, 1.54) is 24.3 Å². The Kier molecular flexibility index (Phi) is 6.01. The first-order valence-corrected chi connectivity index (χ1v) is 14.1. The topological polar surface area (TPSA) is 94.4 Å². The molecule has 1 aliphatic rings. The molecule has 0 unspecified atom stereocenters. The summed E-state index contributed by atoms with van der Waals surface area (Å²) in [6.45, 7) is 0. The fourth-order valence-electron chi connectivity index (χ4n) is 3.92. The first kappa shape index (κ1) is 23.7. The van der Waals surface area contributed by atoms with Gasteiger partial charge in [-0.3, -0.25) is 4.72 Å². The minimum Gasteiger partial charge on any atom is -0.573 e. The molecule has 0 amide bonds. The highest BCUT2D eigenvalue weighted by molar-refractivity contribution is 7.94. The summed E-state index contributed by atoms with van der Waals surface area (Å²) >= 11 is 11.7. The van der Waals surface area contributed by atoms with Crippen molar-refractivity contribution >= 4 is 54.6 Å². The zero-order chi connectivity index (χ0) is 24.8. The van der Waals surface area contributed by atoms with Crippen LogP contribution in [0, 0.1) is 0 Å². The number of anilines is 1. The number of benzene rings is 4. The van der Waals surface area contributed by atoms with E-state index in [9.17, 15) is 16.8 Å². The van der Waals surface area contributed by atoms with Gasteiger partial charge in [-0.2, -0.15) is 0 Å². The van der Waals surface area contributed by atoms with E-state index in [0.717, 1.165) is 22.3 Å². The third kappa shape index (κ3) is 4.88. The van der Waals surface area contributed by atoms with Crippen molar-refractivity contribution in [3.05, 3.63) is 111 Å². The maximum atomic E-state index is 12.9. The molecular weight excluding hydrogens is 527 g/mol. The SMILES string of the molecule is O=S(=O)([N-]c1ccc(Cl)cc1)c1ccc2c(c1)Cc1cc(S(=O)(=O)Nc3ccc(Cl)cc3)ccc1-2. The zero-order valence-electron chi connectivity index (χ0n) is 17.9. The summed E-state index contributed by atoms with van der Waals surface area (Å²) in [6, 6.07) is 22.3. The molecule has 5 rings (SSSR count). The Morgan fingerprint density at radius 3 is 1.77 bits per heavy atom. The number of fused-ring (bicyclic) bond motifs is 3. The second-order valence-electron chi connectivity index (χ2n) is 7.97. The lowest BCUT2D eigenvalue weighted by atomic mass is 10.1. The van der Waals surface area contributed by atoms with Crippen LogP contribution in [-0.4, -0.2) is 16.8 Å². The van der Waals surface area contributed by atoms with E-state index in [-0.39, 0.29) is 15.5 Å². The van der Waals surface area contributed by atoms with Crippen LogP contribution in [-0.2, 0) is 26.5 Å². The van der Waals surface area contributed by atoms with Gasteiger partial charge in [-0.15, -0.1) is 5.69 Å². The summed E-state index contributed by atoms with van der Waals surface area (Å²) in [5, 5.41) is 0.993. The lowest BCUT2D eigenvalue weighted by molar-refractivity contribution is 0.600. The van der Waals surface area contributed by atoms with E-state index < -0.39 is 20.0 Å². The van der Waals surface area contributed by atoms with Crippen LogP contribution in [0.5, 0.6) is 0 Å². The number of nitrogens with one attached hydrogen (secondary N) is 1. The Hall–Kier alpha value is -3.04. The molecule has 10 heteroatoms. The summed E-state index contributed by atoms with van der Waals surface area (Å²) < 4.78 is 57.9. The number of halogens is 2. The molecule has 1 N–H and O–H groups in total. The van der Waals surface area contributed by atoms with Crippen LogP contribution < -0.4 is 4.72 Å². The first-order valence-electron chi connectivity index (χ1n) is 10.4. The van der Waals surface area contributed by atoms with Gasteiger partial charge in [0.25, 0.3) is 10.0 Å². The van der Waals surface area contributed by atoms with Crippen molar-refractivity contribution in [3.8, 4) is 11.1 Å². The smallest absolute Gasteiger partial charge is 0.261 e. The minimum atomic E-state index is -3.94. The summed E-state index contributed by atoms with van der Waals surface area (Å²) in [4.78, 5) is 0.181. The zero-order valence-corrected chi connectivity index (χ0v) is 21.1. The number of hydrogen-bond acceptors (Lipinski definition) is 4. The summed E-state index contributed by atoms with van der Waals surface area (Å²) in [5.74, 6) is 0. The molecule has 0 aromatic heterocycles. The van der Waals surface area contributed by atoms with Crippen LogP contribution in [0.4, 0.5) is 11.4 Å². The summed E-state index contributed by atoms with van der Waals surface area (Å²) in [5.41, 5.74) is 3.98. The molecule has 178 valence electrons. The Bertz CT molecular complexity index is 1530. The Morgan fingerprint density at radius 1 is 0.657 bits per heavy atom. The molecule has 0 spiro atoms. The van der Waals surface area contributed by atoms with Crippen molar-refractivity contribution in [2.75, 3.05) is 4.72 Å². The van der Waals surface area contributed by atoms with Crippen molar-refractivity contribution < 1.29 is 16.8 Å². The lowest BCUT2D eigenvalue weighted by Gasteiger charge is -2.22. The molecule has 0 bridgehead atoms. The van der Waals surface area contributed by atoms with Gasteiger partial charge >= 0.3 is 0 Å². The molecular formula is C25H17Cl2N2O4S2-. The Balaban J connectivity index is 1.40. The second kappa shape index (κ2) is 8.87. The molecule has 1 aliphatic carbocycles. The van der Waals surface area contributed by atoms with E-state index in [1.54, 1.807) is 60.7 Å². The standard InChI is InChI=1S/C25H17Cl2N2O4S2/c26-18-1-5-20(6-2-18)28-34(30,31)22-9-11-24-16(14-22)13-17-15-23(10-12-25(17)24)35(32,33)29-21-7-3-19(27)4-8-21/h1-12,14-15,28H,13H2/q-1. The van der Waals surface area contributed by atoms with Gasteiger partial charge in [0.1, 0.15) is 10.0 Å². The van der Waals surface area contributed by atoms with Crippen LogP contribution in [0.2, 0.25) is 10.0 Å². The van der Waals surface area contributed by atoms with Crippen LogP contribution in [0.1, 0.15) is 11.1 Å².